The molecule has 0 bridgehead atoms. The molecule has 10 heteroatoms. The van der Waals surface area contributed by atoms with Gasteiger partial charge in [0.15, 0.2) is 0 Å². The fourth-order valence-electron chi connectivity index (χ4n) is 3.14. The zero-order valence-corrected chi connectivity index (χ0v) is 19.1. The Morgan fingerprint density at radius 1 is 1.06 bits per heavy atom. The lowest BCUT2D eigenvalue weighted by Gasteiger charge is -2.18. The van der Waals surface area contributed by atoms with Crippen LogP contribution in [0.5, 0.6) is 11.6 Å². The summed E-state index contributed by atoms with van der Waals surface area (Å²) in [6, 6.07) is 16.2. The van der Waals surface area contributed by atoms with Gasteiger partial charge in [0, 0.05) is 17.8 Å². The van der Waals surface area contributed by atoms with Crippen LogP contribution in [0.4, 0.5) is 5.95 Å². The number of hydrogen-bond donors (Lipinski definition) is 3. The van der Waals surface area contributed by atoms with E-state index in [1.807, 2.05) is 31.2 Å². The monoisotopic (exact) mass is 465 g/mol. The number of aliphatic hydroxyl groups is 1. The second-order valence-corrected chi connectivity index (χ2v) is 9.64. The third-order valence-corrected chi connectivity index (χ3v) is 6.21. The molecule has 0 amide bonds. The van der Waals surface area contributed by atoms with Gasteiger partial charge in [-0.3, -0.25) is 5.10 Å². The third kappa shape index (κ3) is 5.18. The summed E-state index contributed by atoms with van der Waals surface area (Å²) in [6.45, 7) is 5.32. The summed E-state index contributed by atoms with van der Waals surface area (Å²) in [6.07, 6.45) is 2.45. The number of aromatic nitrogens is 4. The smallest absolute Gasteiger partial charge is 0.267 e. The van der Waals surface area contributed by atoms with Crippen molar-refractivity contribution < 1.29 is 18.3 Å². The maximum atomic E-state index is 12.7. The maximum absolute atomic E-state index is 12.7. The molecule has 0 radical (unpaired) electrons. The minimum atomic E-state index is -3.94. The summed E-state index contributed by atoms with van der Waals surface area (Å²) >= 11 is 0. The van der Waals surface area contributed by atoms with E-state index in [0.717, 1.165) is 16.7 Å². The van der Waals surface area contributed by atoms with Crippen molar-refractivity contribution in [1.82, 2.24) is 20.2 Å². The van der Waals surface area contributed by atoms with Gasteiger partial charge >= 0.3 is 0 Å². The van der Waals surface area contributed by atoms with Crippen LogP contribution < -0.4 is 9.46 Å². The molecule has 2 aromatic carbocycles. The molecule has 0 fully saturated rings. The summed E-state index contributed by atoms with van der Waals surface area (Å²) < 4.78 is 33.6. The molecule has 9 nitrogen and oxygen atoms in total. The molecule has 0 aliphatic heterocycles. The van der Waals surface area contributed by atoms with Gasteiger partial charge in [0.25, 0.3) is 10.0 Å². The molecular formula is C23H23N5O4S. The summed E-state index contributed by atoms with van der Waals surface area (Å²) in [5.41, 5.74) is 2.01. The van der Waals surface area contributed by atoms with Gasteiger partial charge in [-0.15, -0.1) is 0 Å². The number of benzene rings is 2. The van der Waals surface area contributed by atoms with Gasteiger partial charge in [0.2, 0.25) is 11.8 Å². The van der Waals surface area contributed by atoms with E-state index in [4.69, 9.17) is 4.74 Å². The molecule has 0 atom stereocenters. The van der Waals surface area contributed by atoms with Gasteiger partial charge in [-0.25, -0.2) is 18.1 Å². The second kappa shape index (κ2) is 8.64. The fourth-order valence-corrected chi connectivity index (χ4v) is 3.99. The van der Waals surface area contributed by atoms with E-state index in [1.165, 1.54) is 12.4 Å². The summed E-state index contributed by atoms with van der Waals surface area (Å²) in [7, 11) is -3.94. The molecule has 4 aromatic rings. The van der Waals surface area contributed by atoms with Crippen molar-refractivity contribution in [3.63, 3.8) is 0 Å². The number of H-pyrrole nitrogens is 1. The SMILES string of the molecule is Cc1ccccc1-c1cc(Oc2ccc(C(C)(C)O)cc2)nc(NS(=O)(=O)c2cn[nH]c2)n1. The van der Waals surface area contributed by atoms with E-state index in [0.29, 0.717) is 11.4 Å². The standard InChI is InChI=1S/C23H23N5O4S/c1-15-6-4-5-7-19(15)20-12-21(32-17-10-8-16(9-11-17)23(2,3)29)27-22(26-20)28-33(30,31)18-13-24-25-14-18/h4-14,29H,1-3H3,(H,24,25)(H,26,27,28). The topological polar surface area (TPSA) is 130 Å². The number of sulfonamides is 1. The van der Waals surface area contributed by atoms with E-state index in [9.17, 15) is 13.5 Å². The molecule has 0 aliphatic carbocycles. The fraction of sp³-hybridized carbons (Fsp3) is 0.174. The van der Waals surface area contributed by atoms with Crippen molar-refractivity contribution in [3.8, 4) is 22.9 Å². The Hall–Kier alpha value is -3.76. The Balaban J connectivity index is 1.72. The normalized spacial score (nSPS) is 11.9. The number of aryl methyl sites for hydroxylation is 1. The number of rotatable bonds is 7. The van der Waals surface area contributed by atoms with Crippen molar-refractivity contribution >= 4 is 16.0 Å². The average molecular weight is 466 g/mol. The number of anilines is 1. The van der Waals surface area contributed by atoms with Gasteiger partial charge in [0.05, 0.1) is 17.5 Å². The molecule has 0 unspecified atom stereocenters. The van der Waals surface area contributed by atoms with E-state index < -0.39 is 15.6 Å². The quantitative estimate of drug-likeness (QED) is 0.376. The van der Waals surface area contributed by atoms with Gasteiger partial charge in [-0.2, -0.15) is 10.1 Å². The van der Waals surface area contributed by atoms with Crippen molar-refractivity contribution in [3.05, 3.63) is 78.1 Å². The van der Waals surface area contributed by atoms with E-state index in [2.05, 4.69) is 24.9 Å². The molecule has 0 aliphatic rings. The zero-order valence-electron chi connectivity index (χ0n) is 18.3. The molecule has 2 heterocycles. The highest BCUT2D eigenvalue weighted by molar-refractivity contribution is 7.92. The molecule has 0 spiro atoms. The van der Waals surface area contributed by atoms with E-state index in [-0.39, 0.29) is 16.7 Å². The van der Waals surface area contributed by atoms with Crippen molar-refractivity contribution in [2.75, 3.05) is 4.72 Å². The van der Waals surface area contributed by atoms with Crippen LogP contribution in [0.3, 0.4) is 0 Å². The number of aromatic amines is 1. The van der Waals surface area contributed by atoms with Crippen LogP contribution in [0.15, 0.2) is 71.9 Å². The minimum absolute atomic E-state index is 0.0444. The summed E-state index contributed by atoms with van der Waals surface area (Å²) in [4.78, 5) is 8.60. The second-order valence-electron chi connectivity index (χ2n) is 7.95. The molecule has 170 valence electrons. The van der Waals surface area contributed by atoms with Crippen LogP contribution in [0.2, 0.25) is 0 Å². The first-order chi connectivity index (χ1) is 15.6. The highest BCUT2D eigenvalue weighted by Gasteiger charge is 2.20. The predicted octanol–water partition coefficient (Wildman–Crippen LogP) is 4.00. The van der Waals surface area contributed by atoms with Crippen LogP contribution in [0.25, 0.3) is 11.3 Å². The third-order valence-electron chi connectivity index (χ3n) is 4.92. The molecule has 0 saturated heterocycles. The number of nitrogens with one attached hydrogen (secondary N) is 2. The highest BCUT2D eigenvalue weighted by atomic mass is 32.2. The Morgan fingerprint density at radius 3 is 2.42 bits per heavy atom. The Bertz CT molecular complexity index is 1360. The minimum Gasteiger partial charge on any atom is -0.439 e. The summed E-state index contributed by atoms with van der Waals surface area (Å²) in [5.74, 6) is 0.491. The number of ether oxygens (including phenoxy) is 1. The largest absolute Gasteiger partial charge is 0.439 e. The van der Waals surface area contributed by atoms with Gasteiger partial charge in [-0.05, 0) is 44.0 Å². The number of nitrogens with zero attached hydrogens (tertiary/aromatic N) is 3. The lowest BCUT2D eigenvalue weighted by atomic mass is 9.99. The molecule has 0 saturated carbocycles. The Morgan fingerprint density at radius 2 is 1.79 bits per heavy atom. The average Bonchev–Trinajstić information content (AvgIpc) is 3.29. The van der Waals surface area contributed by atoms with Gasteiger partial charge in [0.1, 0.15) is 10.6 Å². The van der Waals surface area contributed by atoms with Crippen LogP contribution in [-0.2, 0) is 15.6 Å². The Labute approximate surface area is 191 Å². The summed E-state index contributed by atoms with van der Waals surface area (Å²) in [5, 5.41) is 16.3. The van der Waals surface area contributed by atoms with Gasteiger partial charge < -0.3 is 9.84 Å². The van der Waals surface area contributed by atoms with Crippen molar-refractivity contribution in [2.24, 2.45) is 0 Å². The first-order valence-electron chi connectivity index (χ1n) is 10.1. The lowest BCUT2D eigenvalue weighted by molar-refractivity contribution is 0.0785. The molecular weight excluding hydrogens is 442 g/mol. The number of hydrogen-bond acceptors (Lipinski definition) is 7. The predicted molar refractivity (Wildman–Crippen MR) is 123 cm³/mol. The van der Waals surface area contributed by atoms with E-state index in [1.54, 1.807) is 44.2 Å². The maximum Gasteiger partial charge on any atom is 0.267 e. The van der Waals surface area contributed by atoms with Crippen molar-refractivity contribution in [2.45, 2.75) is 31.3 Å². The first kappa shape index (κ1) is 22.4. The first-order valence-corrected chi connectivity index (χ1v) is 11.6. The lowest BCUT2D eigenvalue weighted by Crippen LogP contribution is -2.15. The Kier molecular flexibility index (Phi) is 5.88. The van der Waals surface area contributed by atoms with Crippen LogP contribution in [0.1, 0.15) is 25.0 Å². The van der Waals surface area contributed by atoms with Gasteiger partial charge in [-0.1, -0.05) is 36.4 Å². The zero-order chi connectivity index (χ0) is 23.6. The molecule has 2 aromatic heterocycles. The van der Waals surface area contributed by atoms with Crippen LogP contribution in [-0.4, -0.2) is 33.7 Å². The van der Waals surface area contributed by atoms with Crippen LogP contribution in [0, 0.1) is 6.92 Å². The van der Waals surface area contributed by atoms with Crippen molar-refractivity contribution in [1.29, 1.82) is 0 Å². The van der Waals surface area contributed by atoms with E-state index >= 15 is 0 Å². The molecule has 33 heavy (non-hydrogen) atoms. The molecule has 3 N–H and O–H groups in total. The van der Waals surface area contributed by atoms with Crippen LogP contribution >= 0.6 is 0 Å². The molecule has 4 rings (SSSR count). The highest BCUT2D eigenvalue weighted by Crippen LogP contribution is 2.30.